The molecule has 0 saturated heterocycles. The van der Waals surface area contributed by atoms with E-state index in [1.54, 1.807) is 0 Å². The lowest BCUT2D eigenvalue weighted by Gasteiger charge is -2.10. The van der Waals surface area contributed by atoms with Crippen LogP contribution in [-0.2, 0) is 0 Å². The fraction of sp³-hybridized carbons (Fsp3) is 0. The molecule has 0 bridgehead atoms. The van der Waals surface area contributed by atoms with Crippen molar-refractivity contribution in [2.45, 2.75) is 0 Å². The Morgan fingerprint density at radius 2 is 0.884 bits per heavy atom. The topological polar surface area (TPSA) is 30.2 Å². The van der Waals surface area contributed by atoms with Crippen LogP contribution in [0.2, 0.25) is 0 Å². The van der Waals surface area contributed by atoms with E-state index in [1.165, 1.54) is 49.2 Å². The second-order valence-electron chi connectivity index (χ2n) is 11.1. The van der Waals surface area contributed by atoms with Gasteiger partial charge in [-0.1, -0.05) is 133 Å². The third-order valence-corrected chi connectivity index (χ3v) is 8.57. The molecule has 43 heavy (non-hydrogen) atoms. The zero-order valence-electron chi connectivity index (χ0n) is 23.3. The highest BCUT2D eigenvalue weighted by Gasteiger charge is 2.18. The Labute approximate surface area is 248 Å². The van der Waals surface area contributed by atoms with Crippen molar-refractivity contribution in [2.75, 3.05) is 0 Å². The molecule has 3 heterocycles. The van der Waals surface area contributed by atoms with Gasteiger partial charge in [0.15, 0.2) is 5.82 Å². The van der Waals surface area contributed by atoms with Gasteiger partial charge >= 0.3 is 0 Å². The maximum atomic E-state index is 5.12. The number of fused-ring (bicyclic) bond motifs is 6. The Kier molecular flexibility index (Phi) is 5.20. The number of aromatic nitrogens is 3. The Hall–Kier alpha value is -5.80. The van der Waals surface area contributed by atoms with E-state index in [1.807, 2.05) is 24.3 Å². The molecule has 200 valence electrons. The lowest BCUT2D eigenvalue weighted by molar-refractivity contribution is 1.18. The standard InChI is InChI=1S/C40H25N3/c1-3-10-26(11-4-1)27-18-20-28(21-19-27)35-25-36(42-40(41-35)29-12-5-2-6-13-29)30-22-23-32-34-16-9-15-33-31-14-7-8-17-37(31)43(39(33)34)38(32)24-30/h1-25H. The van der Waals surface area contributed by atoms with Crippen LogP contribution in [0.4, 0.5) is 0 Å². The number of hydrogen-bond acceptors (Lipinski definition) is 2. The van der Waals surface area contributed by atoms with Crippen LogP contribution in [0, 0.1) is 0 Å². The first-order chi connectivity index (χ1) is 21.3. The molecule has 3 nitrogen and oxygen atoms in total. The summed E-state index contributed by atoms with van der Waals surface area (Å²) in [5.41, 5.74) is 11.0. The normalized spacial score (nSPS) is 11.7. The molecule has 0 aliphatic heterocycles. The van der Waals surface area contributed by atoms with Gasteiger partial charge in [0.25, 0.3) is 0 Å². The van der Waals surface area contributed by atoms with E-state index in [4.69, 9.17) is 9.97 Å². The molecule has 0 atom stereocenters. The van der Waals surface area contributed by atoms with E-state index in [0.717, 1.165) is 33.9 Å². The Balaban J connectivity index is 1.25. The molecule has 0 radical (unpaired) electrons. The van der Waals surface area contributed by atoms with Gasteiger partial charge in [-0.15, -0.1) is 0 Å². The summed E-state index contributed by atoms with van der Waals surface area (Å²) in [6, 6.07) is 53.6. The van der Waals surface area contributed by atoms with Crippen molar-refractivity contribution in [2.24, 2.45) is 0 Å². The fourth-order valence-corrected chi connectivity index (χ4v) is 6.51. The van der Waals surface area contributed by atoms with Crippen molar-refractivity contribution in [3.8, 4) is 45.0 Å². The number of para-hydroxylation sites is 2. The van der Waals surface area contributed by atoms with Gasteiger partial charge in [-0.05, 0) is 29.3 Å². The summed E-state index contributed by atoms with van der Waals surface area (Å²) in [6.45, 7) is 0. The Bertz CT molecular complexity index is 2420. The van der Waals surface area contributed by atoms with E-state index in [0.29, 0.717) is 0 Å². The monoisotopic (exact) mass is 547 g/mol. The zero-order valence-corrected chi connectivity index (χ0v) is 23.3. The van der Waals surface area contributed by atoms with E-state index in [9.17, 15) is 0 Å². The molecule has 9 aromatic rings. The summed E-state index contributed by atoms with van der Waals surface area (Å²) in [5, 5.41) is 5.11. The molecular weight excluding hydrogens is 522 g/mol. The lowest BCUT2D eigenvalue weighted by Crippen LogP contribution is -1.96. The van der Waals surface area contributed by atoms with Crippen LogP contribution < -0.4 is 0 Å². The minimum atomic E-state index is 0.720. The number of nitrogens with zero attached hydrogens (tertiary/aromatic N) is 3. The highest BCUT2D eigenvalue weighted by atomic mass is 14.9. The smallest absolute Gasteiger partial charge is 0.160 e. The van der Waals surface area contributed by atoms with Crippen LogP contribution in [0.5, 0.6) is 0 Å². The second-order valence-corrected chi connectivity index (χ2v) is 11.1. The molecule has 0 N–H and O–H groups in total. The van der Waals surface area contributed by atoms with E-state index in [2.05, 4.69) is 132 Å². The van der Waals surface area contributed by atoms with Crippen molar-refractivity contribution in [1.29, 1.82) is 0 Å². The largest absolute Gasteiger partial charge is 0.308 e. The minimum absolute atomic E-state index is 0.720. The summed E-state index contributed by atoms with van der Waals surface area (Å²) in [7, 11) is 0. The minimum Gasteiger partial charge on any atom is -0.308 e. The summed E-state index contributed by atoms with van der Waals surface area (Å²) in [5.74, 6) is 0.720. The van der Waals surface area contributed by atoms with E-state index < -0.39 is 0 Å². The first kappa shape index (κ1) is 23.9. The highest BCUT2D eigenvalue weighted by molar-refractivity contribution is 6.23. The quantitative estimate of drug-likeness (QED) is 0.219. The van der Waals surface area contributed by atoms with Crippen LogP contribution in [-0.4, -0.2) is 14.4 Å². The average molecular weight is 548 g/mol. The van der Waals surface area contributed by atoms with Crippen LogP contribution in [0.1, 0.15) is 0 Å². The molecule has 9 rings (SSSR count). The van der Waals surface area contributed by atoms with Crippen molar-refractivity contribution >= 4 is 38.1 Å². The van der Waals surface area contributed by atoms with Gasteiger partial charge < -0.3 is 4.40 Å². The Morgan fingerprint density at radius 3 is 1.63 bits per heavy atom. The van der Waals surface area contributed by atoms with Gasteiger partial charge in [0.1, 0.15) is 0 Å². The van der Waals surface area contributed by atoms with Crippen molar-refractivity contribution < 1.29 is 0 Å². The maximum Gasteiger partial charge on any atom is 0.160 e. The zero-order chi connectivity index (χ0) is 28.3. The van der Waals surface area contributed by atoms with Crippen LogP contribution in [0.15, 0.2) is 152 Å². The predicted molar refractivity (Wildman–Crippen MR) is 178 cm³/mol. The van der Waals surface area contributed by atoms with Gasteiger partial charge in [-0.2, -0.15) is 0 Å². The van der Waals surface area contributed by atoms with Crippen LogP contribution in [0.3, 0.4) is 0 Å². The molecule has 0 aliphatic carbocycles. The lowest BCUT2D eigenvalue weighted by atomic mass is 10.0. The summed E-state index contributed by atoms with van der Waals surface area (Å²) in [4.78, 5) is 10.2. The predicted octanol–water partition coefficient (Wildman–Crippen LogP) is 10.3. The molecule has 6 aromatic carbocycles. The Morgan fingerprint density at radius 1 is 0.349 bits per heavy atom. The molecule has 3 heteroatoms. The molecule has 0 saturated carbocycles. The van der Waals surface area contributed by atoms with Gasteiger partial charge in [0.05, 0.1) is 27.9 Å². The third-order valence-electron chi connectivity index (χ3n) is 8.57. The molecule has 0 fully saturated rings. The molecule has 0 amide bonds. The number of hydrogen-bond donors (Lipinski definition) is 0. The first-order valence-electron chi connectivity index (χ1n) is 14.6. The molecule has 3 aromatic heterocycles. The van der Waals surface area contributed by atoms with Gasteiger partial charge in [0, 0.05) is 38.2 Å². The SMILES string of the molecule is c1ccc(-c2ccc(-c3cc(-c4ccc5c6cccc7c8ccccc8n(c5c4)c76)nc(-c4ccccc4)n3)cc2)cc1. The van der Waals surface area contributed by atoms with Crippen molar-refractivity contribution in [1.82, 2.24) is 14.4 Å². The summed E-state index contributed by atoms with van der Waals surface area (Å²) < 4.78 is 2.42. The van der Waals surface area contributed by atoms with Crippen molar-refractivity contribution in [3.63, 3.8) is 0 Å². The van der Waals surface area contributed by atoms with Gasteiger partial charge in [-0.3, -0.25) is 0 Å². The third kappa shape index (κ3) is 3.75. The van der Waals surface area contributed by atoms with Gasteiger partial charge in [-0.25, -0.2) is 9.97 Å². The second kappa shape index (κ2) is 9.37. The molecular formula is C40H25N3. The van der Waals surface area contributed by atoms with Crippen molar-refractivity contribution in [3.05, 3.63) is 152 Å². The first-order valence-corrected chi connectivity index (χ1v) is 14.6. The van der Waals surface area contributed by atoms with Gasteiger partial charge in [0.2, 0.25) is 0 Å². The molecule has 0 spiro atoms. The van der Waals surface area contributed by atoms with E-state index in [-0.39, 0.29) is 0 Å². The molecule has 0 aliphatic rings. The number of benzene rings is 6. The molecule has 0 unspecified atom stereocenters. The van der Waals surface area contributed by atoms with Crippen LogP contribution in [0.25, 0.3) is 83.1 Å². The van der Waals surface area contributed by atoms with E-state index >= 15 is 0 Å². The summed E-state index contributed by atoms with van der Waals surface area (Å²) >= 11 is 0. The average Bonchev–Trinajstić information content (AvgIpc) is 3.61. The highest BCUT2D eigenvalue weighted by Crippen LogP contribution is 2.40. The number of rotatable bonds is 4. The fourth-order valence-electron chi connectivity index (χ4n) is 6.51. The summed E-state index contributed by atoms with van der Waals surface area (Å²) in [6.07, 6.45) is 0. The van der Waals surface area contributed by atoms with Crippen LogP contribution >= 0.6 is 0 Å². The maximum absolute atomic E-state index is 5.12.